The second-order valence-corrected chi connectivity index (χ2v) is 6.60. The third-order valence-corrected chi connectivity index (χ3v) is 4.65. The zero-order chi connectivity index (χ0) is 17.3. The largest absolute Gasteiger partial charge is 0.295 e. The molecule has 0 aromatic heterocycles. The van der Waals surface area contributed by atoms with E-state index in [4.69, 9.17) is 0 Å². The monoisotopic (exact) mass is 329 g/mol. The van der Waals surface area contributed by atoms with Crippen LogP contribution in [0.15, 0.2) is 84.9 Å². The average molecular weight is 329 g/mol. The lowest BCUT2D eigenvalue weighted by atomic mass is 10.1. The molecule has 1 nitrogen and oxygen atoms in total. The first kappa shape index (κ1) is 17.4. The van der Waals surface area contributed by atoms with Crippen molar-refractivity contribution < 1.29 is 0 Å². The maximum absolute atomic E-state index is 2.54. The number of aryl methyl sites for hydroxylation is 1. The van der Waals surface area contributed by atoms with Gasteiger partial charge in [-0.25, -0.2) is 0 Å². The van der Waals surface area contributed by atoms with E-state index >= 15 is 0 Å². The molecular weight excluding hydrogens is 302 g/mol. The lowest BCUT2D eigenvalue weighted by Gasteiger charge is -2.23. The van der Waals surface area contributed by atoms with Gasteiger partial charge in [0.15, 0.2) is 0 Å². The zero-order valence-corrected chi connectivity index (χ0v) is 15.1. The number of nitrogens with zero attached hydrogens (tertiary/aromatic N) is 1. The highest BCUT2D eigenvalue weighted by atomic mass is 15.1. The summed E-state index contributed by atoms with van der Waals surface area (Å²) in [5, 5.41) is 0. The van der Waals surface area contributed by atoms with Gasteiger partial charge in [0.2, 0.25) is 0 Å². The summed E-state index contributed by atoms with van der Waals surface area (Å²) in [5.74, 6) is 0. The molecule has 0 aliphatic carbocycles. The number of rotatable bonds is 8. The van der Waals surface area contributed by atoms with Crippen molar-refractivity contribution in [2.45, 2.75) is 32.9 Å². The fourth-order valence-electron chi connectivity index (χ4n) is 3.13. The van der Waals surface area contributed by atoms with Crippen molar-refractivity contribution >= 4 is 0 Å². The summed E-state index contributed by atoms with van der Waals surface area (Å²) >= 11 is 0. The van der Waals surface area contributed by atoms with Gasteiger partial charge in [-0.2, -0.15) is 0 Å². The first-order chi connectivity index (χ1) is 12.3. The topological polar surface area (TPSA) is 3.24 Å². The van der Waals surface area contributed by atoms with E-state index in [0.717, 1.165) is 32.5 Å². The Labute approximate surface area is 151 Å². The minimum atomic E-state index is 0.989. The Bertz CT molecular complexity index is 732. The van der Waals surface area contributed by atoms with Crippen molar-refractivity contribution in [3.05, 3.63) is 107 Å². The van der Waals surface area contributed by atoms with Gasteiger partial charge >= 0.3 is 0 Å². The molecule has 0 saturated carbocycles. The number of hydrogen-bond donors (Lipinski definition) is 0. The fraction of sp³-hybridized carbons (Fsp3) is 0.250. The van der Waals surface area contributed by atoms with Crippen molar-refractivity contribution in [3.8, 4) is 0 Å². The van der Waals surface area contributed by atoms with Crippen LogP contribution in [0.4, 0.5) is 0 Å². The molecule has 0 atom stereocenters. The highest BCUT2D eigenvalue weighted by molar-refractivity contribution is 5.23. The Morgan fingerprint density at radius 1 is 0.560 bits per heavy atom. The van der Waals surface area contributed by atoms with E-state index in [1.165, 1.54) is 22.3 Å². The molecule has 0 spiro atoms. The summed E-state index contributed by atoms with van der Waals surface area (Å²) < 4.78 is 0. The third-order valence-electron chi connectivity index (χ3n) is 4.65. The van der Waals surface area contributed by atoms with Crippen LogP contribution < -0.4 is 0 Å². The van der Waals surface area contributed by atoms with Gasteiger partial charge in [-0.3, -0.25) is 4.90 Å². The molecule has 128 valence electrons. The van der Waals surface area contributed by atoms with E-state index in [9.17, 15) is 0 Å². The van der Waals surface area contributed by atoms with Gasteiger partial charge in [-0.05, 0) is 35.1 Å². The Morgan fingerprint density at radius 3 is 1.60 bits per heavy atom. The van der Waals surface area contributed by atoms with Crippen LogP contribution in [0, 0.1) is 0 Å². The Kier molecular flexibility index (Phi) is 6.42. The first-order valence-electron chi connectivity index (χ1n) is 9.21. The molecule has 25 heavy (non-hydrogen) atoms. The Balaban J connectivity index is 1.68. The standard InChI is InChI=1S/C24H27N/c1-2-21-13-15-24(16-14-21)20-25(19-23-11-7-4-8-12-23)18-17-22-9-5-3-6-10-22/h3-16H,2,17-20H2,1H3. The van der Waals surface area contributed by atoms with Crippen molar-refractivity contribution in [1.29, 1.82) is 0 Å². The zero-order valence-electron chi connectivity index (χ0n) is 15.1. The van der Waals surface area contributed by atoms with Gasteiger partial charge in [0, 0.05) is 19.6 Å². The van der Waals surface area contributed by atoms with E-state index in [2.05, 4.69) is 96.8 Å². The number of hydrogen-bond acceptors (Lipinski definition) is 1. The molecule has 3 aromatic carbocycles. The maximum Gasteiger partial charge on any atom is 0.0237 e. The SMILES string of the molecule is CCc1ccc(CN(CCc2ccccc2)Cc2ccccc2)cc1. The summed E-state index contributed by atoms with van der Waals surface area (Å²) in [6.45, 7) is 5.25. The van der Waals surface area contributed by atoms with E-state index < -0.39 is 0 Å². The summed E-state index contributed by atoms with van der Waals surface area (Å²) in [4.78, 5) is 2.54. The molecule has 0 aliphatic heterocycles. The van der Waals surface area contributed by atoms with Crippen LogP contribution in [0.3, 0.4) is 0 Å². The Hall–Kier alpha value is -2.38. The smallest absolute Gasteiger partial charge is 0.0237 e. The minimum absolute atomic E-state index is 0.989. The summed E-state index contributed by atoms with van der Waals surface area (Å²) in [5.41, 5.74) is 5.58. The van der Waals surface area contributed by atoms with Crippen LogP contribution in [0.25, 0.3) is 0 Å². The summed E-state index contributed by atoms with van der Waals surface area (Å²) in [6.07, 6.45) is 2.18. The lowest BCUT2D eigenvalue weighted by Crippen LogP contribution is -2.25. The van der Waals surface area contributed by atoms with Crippen molar-refractivity contribution in [2.24, 2.45) is 0 Å². The molecule has 0 unspecified atom stereocenters. The molecule has 1 heteroatoms. The predicted octanol–water partition coefficient (Wildman–Crippen LogP) is 5.49. The van der Waals surface area contributed by atoms with Crippen LogP contribution in [0.1, 0.15) is 29.2 Å². The normalized spacial score (nSPS) is 11.0. The summed E-state index contributed by atoms with van der Waals surface area (Å²) in [6, 6.07) is 30.6. The van der Waals surface area contributed by atoms with Crippen molar-refractivity contribution in [1.82, 2.24) is 4.90 Å². The van der Waals surface area contributed by atoms with Gasteiger partial charge in [0.25, 0.3) is 0 Å². The highest BCUT2D eigenvalue weighted by Crippen LogP contribution is 2.13. The minimum Gasteiger partial charge on any atom is -0.295 e. The molecule has 0 aliphatic rings. The van der Waals surface area contributed by atoms with Crippen LogP contribution in [-0.2, 0) is 25.9 Å². The lowest BCUT2D eigenvalue weighted by molar-refractivity contribution is 0.260. The molecule has 3 rings (SSSR count). The molecule has 0 amide bonds. The highest BCUT2D eigenvalue weighted by Gasteiger charge is 2.08. The van der Waals surface area contributed by atoms with Crippen LogP contribution >= 0.6 is 0 Å². The van der Waals surface area contributed by atoms with Gasteiger partial charge in [0.1, 0.15) is 0 Å². The van der Waals surface area contributed by atoms with Crippen molar-refractivity contribution in [2.75, 3.05) is 6.54 Å². The molecule has 0 N–H and O–H groups in total. The molecule has 0 fully saturated rings. The third kappa shape index (κ3) is 5.58. The van der Waals surface area contributed by atoms with Crippen molar-refractivity contribution in [3.63, 3.8) is 0 Å². The second kappa shape index (κ2) is 9.19. The summed E-state index contributed by atoms with van der Waals surface area (Å²) in [7, 11) is 0. The van der Waals surface area contributed by atoms with Gasteiger partial charge in [0.05, 0.1) is 0 Å². The van der Waals surface area contributed by atoms with Gasteiger partial charge in [-0.15, -0.1) is 0 Å². The molecular formula is C24H27N. The van der Waals surface area contributed by atoms with E-state index in [1.807, 2.05) is 0 Å². The van der Waals surface area contributed by atoms with E-state index in [0.29, 0.717) is 0 Å². The predicted molar refractivity (Wildman–Crippen MR) is 107 cm³/mol. The van der Waals surface area contributed by atoms with Crippen LogP contribution in [0.5, 0.6) is 0 Å². The van der Waals surface area contributed by atoms with E-state index in [1.54, 1.807) is 0 Å². The average Bonchev–Trinajstić information content (AvgIpc) is 2.68. The molecule has 0 radical (unpaired) electrons. The van der Waals surface area contributed by atoms with Gasteiger partial charge in [-0.1, -0.05) is 91.9 Å². The fourth-order valence-corrected chi connectivity index (χ4v) is 3.13. The van der Waals surface area contributed by atoms with Crippen LogP contribution in [-0.4, -0.2) is 11.4 Å². The van der Waals surface area contributed by atoms with E-state index in [-0.39, 0.29) is 0 Å². The molecule has 0 heterocycles. The first-order valence-corrected chi connectivity index (χ1v) is 9.21. The molecule has 3 aromatic rings. The van der Waals surface area contributed by atoms with Crippen LogP contribution in [0.2, 0.25) is 0 Å². The molecule has 0 saturated heterocycles. The second-order valence-electron chi connectivity index (χ2n) is 6.60. The molecule has 0 bridgehead atoms. The quantitative estimate of drug-likeness (QED) is 0.528. The maximum atomic E-state index is 2.54. The number of benzene rings is 3. The van der Waals surface area contributed by atoms with Gasteiger partial charge < -0.3 is 0 Å². The Morgan fingerprint density at radius 2 is 1.04 bits per heavy atom.